The number of carbonyl (C=O) groups excluding carboxylic acids is 1. The number of anilines is 1. The van der Waals surface area contributed by atoms with Gasteiger partial charge in [-0.1, -0.05) is 39.7 Å². The highest BCUT2D eigenvalue weighted by Gasteiger charge is 2.29. The molecular formula is C18H12BrClN2O3. The number of hydrazone groups is 1. The Labute approximate surface area is 157 Å². The van der Waals surface area contributed by atoms with Crippen LogP contribution in [0.5, 0.6) is 0 Å². The van der Waals surface area contributed by atoms with Gasteiger partial charge in [-0.15, -0.1) is 0 Å². The molecule has 0 atom stereocenters. The molecule has 3 rings (SSSR count). The fourth-order valence-electron chi connectivity index (χ4n) is 2.39. The third-order valence-corrected chi connectivity index (χ3v) is 4.53. The summed E-state index contributed by atoms with van der Waals surface area (Å²) in [5, 5.41) is 14.7. The van der Waals surface area contributed by atoms with Crippen molar-refractivity contribution in [3.63, 3.8) is 0 Å². The van der Waals surface area contributed by atoms with E-state index in [1.807, 2.05) is 24.3 Å². The van der Waals surface area contributed by atoms with Crippen LogP contribution in [0.3, 0.4) is 0 Å². The second-order valence-electron chi connectivity index (χ2n) is 5.38. The molecule has 0 spiro atoms. The summed E-state index contributed by atoms with van der Waals surface area (Å²) in [6, 6.07) is 11.9. The molecule has 0 saturated carbocycles. The van der Waals surface area contributed by atoms with Crippen molar-refractivity contribution in [1.82, 2.24) is 0 Å². The quantitative estimate of drug-likeness (QED) is 0.739. The van der Waals surface area contributed by atoms with Crippen LogP contribution in [0.4, 0.5) is 5.69 Å². The first kappa shape index (κ1) is 17.4. The molecule has 1 N–H and O–H groups in total. The number of nitrogens with zero attached hydrogens (tertiary/aromatic N) is 2. The summed E-state index contributed by atoms with van der Waals surface area (Å²) < 4.78 is 0.946. The molecule has 0 aliphatic carbocycles. The van der Waals surface area contributed by atoms with Crippen LogP contribution in [0.1, 0.15) is 22.8 Å². The number of carbonyl (C=O) groups is 2. The molecule has 2 aromatic rings. The molecular weight excluding hydrogens is 408 g/mol. The molecule has 1 aliphatic rings. The van der Waals surface area contributed by atoms with Gasteiger partial charge in [-0.2, -0.15) is 10.1 Å². The van der Waals surface area contributed by atoms with Crippen molar-refractivity contribution < 1.29 is 14.7 Å². The highest BCUT2D eigenvalue weighted by atomic mass is 79.9. The van der Waals surface area contributed by atoms with Crippen LogP contribution in [0, 0.1) is 0 Å². The van der Waals surface area contributed by atoms with Gasteiger partial charge in [0.15, 0.2) is 0 Å². The van der Waals surface area contributed by atoms with Crippen molar-refractivity contribution in [2.45, 2.75) is 6.92 Å². The van der Waals surface area contributed by atoms with Gasteiger partial charge in [0, 0.05) is 4.47 Å². The molecule has 126 valence electrons. The monoisotopic (exact) mass is 418 g/mol. The van der Waals surface area contributed by atoms with E-state index in [4.69, 9.17) is 11.6 Å². The Bertz CT molecular complexity index is 936. The van der Waals surface area contributed by atoms with Gasteiger partial charge < -0.3 is 5.11 Å². The number of benzene rings is 2. The summed E-state index contributed by atoms with van der Waals surface area (Å²) >= 11 is 9.24. The number of carboxylic acid groups (broad SMARTS) is 1. The predicted molar refractivity (Wildman–Crippen MR) is 101 cm³/mol. The normalized spacial score (nSPS) is 15.6. The molecule has 5 nitrogen and oxygen atoms in total. The van der Waals surface area contributed by atoms with E-state index in [-0.39, 0.29) is 16.5 Å². The van der Waals surface area contributed by atoms with E-state index in [0.29, 0.717) is 17.0 Å². The molecule has 2 aromatic carbocycles. The van der Waals surface area contributed by atoms with Gasteiger partial charge in [-0.3, -0.25) is 4.79 Å². The van der Waals surface area contributed by atoms with Crippen molar-refractivity contribution in [1.29, 1.82) is 0 Å². The molecule has 0 radical (unpaired) electrons. The minimum Gasteiger partial charge on any atom is -0.478 e. The van der Waals surface area contributed by atoms with Crippen molar-refractivity contribution in [3.05, 3.63) is 68.7 Å². The lowest BCUT2D eigenvalue weighted by Crippen LogP contribution is -2.21. The zero-order chi connectivity index (χ0) is 18.1. The lowest BCUT2D eigenvalue weighted by Gasteiger charge is -2.13. The largest absolute Gasteiger partial charge is 0.478 e. The Morgan fingerprint density at radius 1 is 1.24 bits per heavy atom. The molecule has 0 fully saturated rings. The first-order valence-corrected chi connectivity index (χ1v) is 8.44. The molecule has 0 bridgehead atoms. The average Bonchev–Trinajstić information content (AvgIpc) is 2.85. The minimum atomic E-state index is -1.16. The summed E-state index contributed by atoms with van der Waals surface area (Å²) in [5.74, 6) is -1.48. The van der Waals surface area contributed by atoms with Crippen LogP contribution in [0.15, 0.2) is 57.6 Å². The van der Waals surface area contributed by atoms with Crippen molar-refractivity contribution in [2.75, 3.05) is 5.01 Å². The van der Waals surface area contributed by atoms with Crippen LogP contribution < -0.4 is 5.01 Å². The summed E-state index contributed by atoms with van der Waals surface area (Å²) in [6.07, 6.45) is 1.75. The van der Waals surface area contributed by atoms with E-state index in [2.05, 4.69) is 21.0 Å². The second-order valence-corrected chi connectivity index (χ2v) is 6.70. The predicted octanol–water partition coefficient (Wildman–Crippen LogP) is 4.61. The number of hydrogen-bond acceptors (Lipinski definition) is 3. The third-order valence-electron chi connectivity index (χ3n) is 3.67. The van der Waals surface area contributed by atoms with Gasteiger partial charge >= 0.3 is 5.97 Å². The van der Waals surface area contributed by atoms with Gasteiger partial charge in [0.1, 0.15) is 0 Å². The van der Waals surface area contributed by atoms with Crippen molar-refractivity contribution in [2.24, 2.45) is 5.10 Å². The van der Waals surface area contributed by atoms with Gasteiger partial charge in [0.25, 0.3) is 5.91 Å². The van der Waals surface area contributed by atoms with E-state index >= 15 is 0 Å². The summed E-state index contributed by atoms with van der Waals surface area (Å²) in [4.78, 5) is 23.9. The average molecular weight is 420 g/mol. The maximum absolute atomic E-state index is 12.7. The molecule has 1 amide bonds. The van der Waals surface area contributed by atoms with Crippen LogP contribution in [-0.2, 0) is 4.79 Å². The minimum absolute atomic E-state index is 0.0786. The summed E-state index contributed by atoms with van der Waals surface area (Å²) in [5.41, 5.74) is 2.15. The Morgan fingerprint density at radius 2 is 1.92 bits per heavy atom. The molecule has 25 heavy (non-hydrogen) atoms. The lowest BCUT2D eigenvalue weighted by atomic mass is 10.1. The Morgan fingerprint density at radius 3 is 2.56 bits per heavy atom. The fourth-order valence-corrected chi connectivity index (χ4v) is 2.86. The summed E-state index contributed by atoms with van der Waals surface area (Å²) in [7, 11) is 0. The second kappa shape index (κ2) is 6.82. The number of hydrogen-bond donors (Lipinski definition) is 1. The van der Waals surface area contributed by atoms with E-state index in [1.54, 1.807) is 19.1 Å². The van der Waals surface area contributed by atoms with Gasteiger partial charge in [-0.25, -0.2) is 4.79 Å². The zero-order valence-electron chi connectivity index (χ0n) is 13.0. The lowest BCUT2D eigenvalue weighted by molar-refractivity contribution is -0.114. The Hall–Kier alpha value is -2.44. The number of rotatable bonds is 3. The van der Waals surface area contributed by atoms with E-state index in [0.717, 1.165) is 10.0 Å². The molecule has 1 heterocycles. The standard InChI is InChI=1S/C18H12BrClN2O3/c1-10-14(8-11-2-4-12(19)5-3-11)17(23)22(21-10)13-6-7-16(20)15(9-13)18(24)25/h2-9H,1H3,(H,24,25)/b14-8-. The van der Waals surface area contributed by atoms with Gasteiger partial charge in [0.2, 0.25) is 0 Å². The van der Waals surface area contributed by atoms with Gasteiger partial charge in [0.05, 0.1) is 27.6 Å². The summed E-state index contributed by atoms with van der Waals surface area (Å²) in [6.45, 7) is 1.73. The maximum Gasteiger partial charge on any atom is 0.337 e. The molecule has 0 unspecified atom stereocenters. The van der Waals surface area contributed by atoms with Crippen LogP contribution in [0.2, 0.25) is 5.02 Å². The molecule has 7 heteroatoms. The first-order valence-electron chi connectivity index (χ1n) is 7.27. The highest BCUT2D eigenvalue weighted by Crippen LogP contribution is 2.28. The molecule has 0 saturated heterocycles. The SMILES string of the molecule is CC1=NN(c2ccc(Cl)c(C(=O)O)c2)C(=O)/C1=C\c1ccc(Br)cc1. The number of halogens is 2. The maximum atomic E-state index is 12.7. The Balaban J connectivity index is 1.96. The third kappa shape index (κ3) is 3.50. The van der Waals surface area contributed by atoms with Gasteiger partial charge in [-0.05, 0) is 48.9 Å². The first-order chi connectivity index (χ1) is 11.9. The number of amides is 1. The molecule has 0 aromatic heterocycles. The van der Waals surface area contributed by atoms with Crippen molar-refractivity contribution in [3.8, 4) is 0 Å². The van der Waals surface area contributed by atoms with E-state index < -0.39 is 5.97 Å². The van der Waals surface area contributed by atoms with E-state index in [9.17, 15) is 14.7 Å². The van der Waals surface area contributed by atoms with E-state index in [1.165, 1.54) is 17.1 Å². The topological polar surface area (TPSA) is 70.0 Å². The highest BCUT2D eigenvalue weighted by molar-refractivity contribution is 9.10. The fraction of sp³-hybridized carbons (Fsp3) is 0.0556. The number of carboxylic acids is 1. The zero-order valence-corrected chi connectivity index (χ0v) is 15.4. The van der Waals surface area contributed by atoms with Crippen LogP contribution in [-0.4, -0.2) is 22.7 Å². The van der Waals surface area contributed by atoms with Crippen molar-refractivity contribution >= 4 is 56.9 Å². The Kier molecular flexibility index (Phi) is 4.74. The van der Waals surface area contributed by atoms with Crippen LogP contribution in [0.25, 0.3) is 6.08 Å². The smallest absolute Gasteiger partial charge is 0.337 e. The number of aromatic carboxylic acids is 1. The molecule has 1 aliphatic heterocycles. The van der Waals surface area contributed by atoms with Crippen LogP contribution >= 0.6 is 27.5 Å².